The molecule has 0 unspecified atom stereocenters. The van der Waals surface area contributed by atoms with Crippen molar-refractivity contribution < 1.29 is 19.1 Å². The molecule has 0 saturated carbocycles. The quantitative estimate of drug-likeness (QED) is 0.607. The summed E-state index contributed by atoms with van der Waals surface area (Å²) in [6.07, 6.45) is 3.20. The minimum absolute atomic E-state index is 0.0819. The molecule has 1 aliphatic rings. The molecular formula is C21H23N5O4S. The van der Waals surface area contributed by atoms with Crippen LogP contribution in [0.3, 0.4) is 0 Å². The van der Waals surface area contributed by atoms with E-state index in [2.05, 4.69) is 20.7 Å². The number of hydrogen-bond donors (Lipinski definition) is 2. The third-order valence-electron chi connectivity index (χ3n) is 4.43. The number of anilines is 1. The lowest BCUT2D eigenvalue weighted by Gasteiger charge is -2.13. The molecule has 0 aliphatic carbocycles. The maximum absolute atomic E-state index is 12.8. The van der Waals surface area contributed by atoms with Gasteiger partial charge in [-0.3, -0.25) is 14.3 Å². The van der Waals surface area contributed by atoms with Crippen molar-refractivity contribution in [1.82, 2.24) is 20.1 Å². The Hall–Kier alpha value is -3.40. The Kier molecular flexibility index (Phi) is 5.90. The number of carbonyl (C=O) groups is 2. The minimum atomic E-state index is -0.341. The molecule has 9 nitrogen and oxygen atoms in total. The number of nitrogens with zero attached hydrogens (tertiary/aromatic N) is 3. The standard InChI is InChI=1S/C21H23N5O4S/c1-12(2)29-14-9-13(19(27)24-17-6-8-26(3)25-17)10-15(11-14)30-21-23-16-5-4-7-22-20(28)18(16)31-21/h6,8-12H,4-5,7H2,1-3H3,(H,22,28)(H,24,25,27). The topological polar surface area (TPSA) is 107 Å². The molecule has 0 fully saturated rings. The second-order valence-electron chi connectivity index (χ2n) is 7.41. The molecule has 0 spiro atoms. The number of hydrogen-bond acceptors (Lipinski definition) is 7. The third kappa shape index (κ3) is 5.02. The summed E-state index contributed by atoms with van der Waals surface area (Å²) in [4.78, 5) is 30.0. The highest BCUT2D eigenvalue weighted by molar-refractivity contribution is 7.15. The zero-order valence-electron chi connectivity index (χ0n) is 17.5. The van der Waals surface area contributed by atoms with Gasteiger partial charge in [-0.15, -0.1) is 0 Å². The van der Waals surface area contributed by atoms with Crippen molar-refractivity contribution in [3.8, 4) is 16.7 Å². The van der Waals surface area contributed by atoms with Gasteiger partial charge in [0.05, 0.1) is 11.8 Å². The number of nitrogens with one attached hydrogen (secondary N) is 2. The molecule has 0 bridgehead atoms. The highest BCUT2D eigenvalue weighted by Gasteiger charge is 2.22. The molecule has 3 aromatic rings. The lowest BCUT2D eigenvalue weighted by atomic mass is 10.2. The van der Waals surface area contributed by atoms with Crippen LogP contribution in [0.25, 0.3) is 0 Å². The van der Waals surface area contributed by atoms with Gasteiger partial charge in [-0.05, 0) is 38.8 Å². The zero-order chi connectivity index (χ0) is 22.0. The fourth-order valence-electron chi connectivity index (χ4n) is 3.13. The van der Waals surface area contributed by atoms with Crippen LogP contribution in [0, 0.1) is 0 Å². The van der Waals surface area contributed by atoms with Crippen LogP contribution >= 0.6 is 11.3 Å². The molecule has 0 saturated heterocycles. The molecule has 162 valence electrons. The van der Waals surface area contributed by atoms with Crippen molar-refractivity contribution in [2.45, 2.75) is 32.8 Å². The van der Waals surface area contributed by atoms with Gasteiger partial charge < -0.3 is 20.1 Å². The molecule has 2 N–H and O–H groups in total. The lowest BCUT2D eigenvalue weighted by Crippen LogP contribution is -2.21. The average Bonchev–Trinajstić information content (AvgIpc) is 3.25. The van der Waals surface area contributed by atoms with Crippen LogP contribution < -0.4 is 20.1 Å². The van der Waals surface area contributed by atoms with Crippen LogP contribution in [-0.2, 0) is 13.5 Å². The normalized spacial score (nSPS) is 13.4. The Morgan fingerprint density at radius 3 is 2.84 bits per heavy atom. The summed E-state index contributed by atoms with van der Waals surface area (Å²) in [5, 5.41) is 10.1. The van der Waals surface area contributed by atoms with Crippen molar-refractivity contribution in [3.63, 3.8) is 0 Å². The Labute approximate surface area is 183 Å². The van der Waals surface area contributed by atoms with E-state index in [0.29, 0.717) is 45.9 Å². The molecule has 10 heteroatoms. The van der Waals surface area contributed by atoms with E-state index in [1.807, 2.05) is 13.8 Å². The zero-order valence-corrected chi connectivity index (χ0v) is 18.3. The first-order valence-electron chi connectivity index (χ1n) is 9.96. The van der Waals surface area contributed by atoms with Gasteiger partial charge in [-0.2, -0.15) is 5.10 Å². The maximum atomic E-state index is 12.8. The van der Waals surface area contributed by atoms with E-state index in [-0.39, 0.29) is 17.9 Å². The number of rotatable bonds is 6. The van der Waals surface area contributed by atoms with Crippen LogP contribution in [0.1, 0.15) is 46.0 Å². The molecule has 2 amide bonds. The number of thiazole rings is 1. The van der Waals surface area contributed by atoms with E-state index in [9.17, 15) is 9.59 Å². The number of benzene rings is 1. The smallest absolute Gasteiger partial charge is 0.279 e. The average molecular weight is 442 g/mol. The van der Waals surface area contributed by atoms with E-state index in [1.165, 1.54) is 11.3 Å². The van der Waals surface area contributed by atoms with Crippen LogP contribution in [0.5, 0.6) is 16.7 Å². The number of carbonyl (C=O) groups excluding carboxylic acids is 2. The molecular weight excluding hydrogens is 418 g/mol. The van der Waals surface area contributed by atoms with Gasteiger partial charge in [0.1, 0.15) is 16.4 Å². The number of amides is 2. The van der Waals surface area contributed by atoms with Gasteiger partial charge in [-0.1, -0.05) is 11.3 Å². The molecule has 1 aromatic carbocycles. The SMILES string of the molecule is CC(C)Oc1cc(Oc2nc3c(s2)C(=O)NCCC3)cc(C(=O)Nc2ccn(C)n2)c1. The van der Waals surface area contributed by atoms with Crippen LogP contribution in [0.2, 0.25) is 0 Å². The van der Waals surface area contributed by atoms with Gasteiger partial charge in [-0.25, -0.2) is 4.98 Å². The first kappa shape index (κ1) is 20.9. The number of aryl methyl sites for hydroxylation is 2. The molecule has 2 aromatic heterocycles. The Bertz CT molecular complexity index is 1120. The third-order valence-corrected chi connectivity index (χ3v) is 5.41. The van der Waals surface area contributed by atoms with Crippen LogP contribution in [-0.4, -0.2) is 39.2 Å². The highest BCUT2D eigenvalue weighted by atomic mass is 32.1. The minimum Gasteiger partial charge on any atom is -0.491 e. The Balaban J connectivity index is 1.60. The first-order valence-corrected chi connectivity index (χ1v) is 10.8. The summed E-state index contributed by atoms with van der Waals surface area (Å²) in [6, 6.07) is 6.66. The highest BCUT2D eigenvalue weighted by Crippen LogP contribution is 2.33. The fraction of sp³-hybridized carbons (Fsp3) is 0.333. The molecule has 0 atom stereocenters. The number of ether oxygens (including phenoxy) is 2. The van der Waals surface area contributed by atoms with Gasteiger partial charge in [0, 0.05) is 37.5 Å². The van der Waals surface area contributed by atoms with Crippen LogP contribution in [0.4, 0.5) is 5.82 Å². The molecule has 1 aliphatic heterocycles. The summed E-state index contributed by atoms with van der Waals surface area (Å²) in [7, 11) is 1.77. The van der Waals surface area contributed by atoms with E-state index in [1.54, 1.807) is 42.2 Å². The predicted molar refractivity (Wildman–Crippen MR) is 116 cm³/mol. The Morgan fingerprint density at radius 1 is 1.29 bits per heavy atom. The predicted octanol–water partition coefficient (Wildman–Crippen LogP) is 3.38. The fourth-order valence-corrected chi connectivity index (χ4v) is 4.03. The van der Waals surface area contributed by atoms with Crippen molar-refractivity contribution in [2.24, 2.45) is 7.05 Å². The number of aromatic nitrogens is 3. The first-order chi connectivity index (χ1) is 14.9. The van der Waals surface area contributed by atoms with E-state index >= 15 is 0 Å². The molecule has 4 rings (SSSR count). The molecule has 0 radical (unpaired) electrons. The molecule has 31 heavy (non-hydrogen) atoms. The number of fused-ring (bicyclic) bond motifs is 1. The van der Waals surface area contributed by atoms with Gasteiger partial charge >= 0.3 is 0 Å². The largest absolute Gasteiger partial charge is 0.491 e. The second kappa shape index (κ2) is 8.76. The van der Waals surface area contributed by atoms with Crippen molar-refractivity contribution in [3.05, 3.63) is 46.6 Å². The maximum Gasteiger partial charge on any atom is 0.279 e. The monoisotopic (exact) mass is 441 g/mol. The molecule has 3 heterocycles. The van der Waals surface area contributed by atoms with Crippen molar-refractivity contribution in [2.75, 3.05) is 11.9 Å². The van der Waals surface area contributed by atoms with Crippen molar-refractivity contribution in [1.29, 1.82) is 0 Å². The summed E-state index contributed by atoms with van der Waals surface area (Å²) < 4.78 is 13.3. The summed E-state index contributed by atoms with van der Waals surface area (Å²) in [6.45, 7) is 4.44. The van der Waals surface area contributed by atoms with E-state index in [0.717, 1.165) is 12.1 Å². The second-order valence-corrected chi connectivity index (χ2v) is 8.37. The summed E-state index contributed by atoms with van der Waals surface area (Å²) in [5.74, 6) is 0.863. The van der Waals surface area contributed by atoms with Gasteiger partial charge in [0.15, 0.2) is 5.82 Å². The van der Waals surface area contributed by atoms with E-state index < -0.39 is 0 Å². The Morgan fingerprint density at radius 2 is 2.10 bits per heavy atom. The lowest BCUT2D eigenvalue weighted by molar-refractivity contribution is 0.0959. The van der Waals surface area contributed by atoms with Gasteiger partial charge in [0.25, 0.3) is 17.0 Å². The van der Waals surface area contributed by atoms with E-state index in [4.69, 9.17) is 9.47 Å². The van der Waals surface area contributed by atoms with Gasteiger partial charge in [0.2, 0.25) is 0 Å². The summed E-state index contributed by atoms with van der Waals surface area (Å²) in [5.41, 5.74) is 1.09. The van der Waals surface area contributed by atoms with Crippen LogP contribution in [0.15, 0.2) is 30.5 Å². The van der Waals surface area contributed by atoms with Crippen molar-refractivity contribution >= 4 is 29.0 Å². The summed E-state index contributed by atoms with van der Waals surface area (Å²) >= 11 is 1.19.